The molecule has 1 unspecified atom stereocenters. The Morgan fingerprint density at radius 3 is 2.31 bits per heavy atom. The SMILES string of the molecule is Cc1ccc(S(=O)(=O)c2cn(C(CCS(C)(=O)=O)C(=O)COc3c(C)c(F)cc(F)c3F)nn2)cc1. The number of ether oxygens (including phenoxy) is 1. The van der Waals surface area contributed by atoms with Crippen LogP contribution in [0.15, 0.2) is 46.5 Å². The van der Waals surface area contributed by atoms with E-state index >= 15 is 0 Å². The van der Waals surface area contributed by atoms with Gasteiger partial charge in [0.15, 0.2) is 17.3 Å². The first-order valence-corrected chi connectivity index (χ1v) is 14.0. The number of benzene rings is 2. The molecule has 194 valence electrons. The summed E-state index contributed by atoms with van der Waals surface area (Å²) in [6, 6.07) is 4.88. The van der Waals surface area contributed by atoms with Crippen molar-refractivity contribution in [2.24, 2.45) is 0 Å². The fraction of sp³-hybridized carbons (Fsp3) is 0.318. The molecule has 9 nitrogen and oxygen atoms in total. The average molecular weight is 546 g/mol. The summed E-state index contributed by atoms with van der Waals surface area (Å²) in [5.74, 6) is -6.26. The van der Waals surface area contributed by atoms with Crippen LogP contribution in [0.5, 0.6) is 5.75 Å². The van der Waals surface area contributed by atoms with Gasteiger partial charge < -0.3 is 4.74 Å². The maximum atomic E-state index is 14.1. The summed E-state index contributed by atoms with van der Waals surface area (Å²) in [7, 11) is -7.65. The van der Waals surface area contributed by atoms with Gasteiger partial charge >= 0.3 is 0 Å². The monoisotopic (exact) mass is 545 g/mol. The number of sulfone groups is 2. The zero-order valence-electron chi connectivity index (χ0n) is 19.4. The van der Waals surface area contributed by atoms with E-state index in [2.05, 4.69) is 10.3 Å². The minimum Gasteiger partial charge on any atom is -0.482 e. The Labute approximate surface area is 205 Å². The van der Waals surface area contributed by atoms with E-state index in [1.165, 1.54) is 12.1 Å². The van der Waals surface area contributed by atoms with Gasteiger partial charge in [0.05, 0.1) is 16.8 Å². The summed E-state index contributed by atoms with van der Waals surface area (Å²) < 4.78 is 96.5. The maximum Gasteiger partial charge on any atom is 0.227 e. The van der Waals surface area contributed by atoms with Gasteiger partial charge in [0, 0.05) is 17.9 Å². The largest absolute Gasteiger partial charge is 0.482 e. The minimum absolute atomic E-state index is 0.0680. The summed E-state index contributed by atoms with van der Waals surface area (Å²) in [6.45, 7) is 1.99. The molecule has 0 aliphatic rings. The van der Waals surface area contributed by atoms with Crippen LogP contribution in [0.4, 0.5) is 13.2 Å². The van der Waals surface area contributed by atoms with Crippen molar-refractivity contribution in [2.45, 2.75) is 36.2 Å². The zero-order chi connectivity index (χ0) is 26.8. The van der Waals surface area contributed by atoms with E-state index in [0.717, 1.165) is 29.6 Å². The van der Waals surface area contributed by atoms with Crippen LogP contribution in [0.25, 0.3) is 0 Å². The third-order valence-electron chi connectivity index (χ3n) is 5.27. The number of halogens is 3. The van der Waals surface area contributed by atoms with Gasteiger partial charge in [-0.1, -0.05) is 22.9 Å². The van der Waals surface area contributed by atoms with Crippen LogP contribution in [0.3, 0.4) is 0 Å². The van der Waals surface area contributed by atoms with Gasteiger partial charge in [-0.05, 0) is 32.4 Å². The van der Waals surface area contributed by atoms with E-state index in [1.807, 2.05) is 0 Å². The minimum atomic E-state index is -4.10. The summed E-state index contributed by atoms with van der Waals surface area (Å²) in [5, 5.41) is 6.83. The van der Waals surface area contributed by atoms with Gasteiger partial charge in [-0.2, -0.15) is 4.39 Å². The quantitative estimate of drug-likeness (QED) is 0.356. The van der Waals surface area contributed by atoms with E-state index in [-0.39, 0.29) is 16.9 Å². The molecule has 0 bridgehead atoms. The van der Waals surface area contributed by atoms with Crippen molar-refractivity contribution in [1.82, 2.24) is 15.0 Å². The summed E-state index contributed by atoms with van der Waals surface area (Å²) >= 11 is 0. The molecule has 1 aromatic heterocycles. The molecule has 0 aliphatic carbocycles. The molecular weight excluding hydrogens is 523 g/mol. The number of aryl methyl sites for hydroxylation is 1. The number of nitrogens with zero attached hydrogens (tertiary/aromatic N) is 3. The number of Topliss-reactive ketones (excluding diaryl/α,β-unsaturated/α-hetero) is 1. The van der Waals surface area contributed by atoms with Crippen LogP contribution in [0, 0.1) is 31.3 Å². The Morgan fingerprint density at radius 1 is 1.06 bits per heavy atom. The molecule has 0 saturated heterocycles. The number of hydrogen-bond donors (Lipinski definition) is 0. The second-order valence-electron chi connectivity index (χ2n) is 8.15. The highest BCUT2D eigenvalue weighted by molar-refractivity contribution is 7.91. The lowest BCUT2D eigenvalue weighted by molar-refractivity contribution is -0.124. The highest BCUT2D eigenvalue weighted by Crippen LogP contribution is 2.28. The first kappa shape index (κ1) is 27.3. The first-order chi connectivity index (χ1) is 16.7. The standard InChI is InChI=1S/C22H22F3N3O6S2/c1-13-4-6-15(7-5-13)36(32,33)20-11-28(27-26-20)18(8-9-35(3,30)31)19(29)12-34-22-14(2)16(23)10-17(24)21(22)25/h4-7,10-11,18H,8-9,12H2,1-3H3. The van der Waals surface area contributed by atoms with Crippen molar-refractivity contribution >= 4 is 25.5 Å². The Kier molecular flexibility index (Phi) is 7.88. The lowest BCUT2D eigenvalue weighted by Gasteiger charge is -2.17. The van der Waals surface area contributed by atoms with E-state index in [9.17, 15) is 34.8 Å². The summed E-state index contributed by atoms with van der Waals surface area (Å²) in [4.78, 5) is 12.9. The van der Waals surface area contributed by atoms with Gasteiger partial charge in [-0.25, -0.2) is 30.3 Å². The lowest BCUT2D eigenvalue weighted by Crippen LogP contribution is -2.28. The van der Waals surface area contributed by atoms with Crippen molar-refractivity contribution in [2.75, 3.05) is 18.6 Å². The average Bonchev–Trinajstić information content (AvgIpc) is 3.28. The molecule has 2 aromatic carbocycles. The topological polar surface area (TPSA) is 125 Å². The number of ketones is 1. The molecule has 0 aliphatic heterocycles. The van der Waals surface area contributed by atoms with Crippen molar-refractivity contribution in [3.8, 4) is 5.75 Å². The van der Waals surface area contributed by atoms with Crippen LogP contribution >= 0.6 is 0 Å². The van der Waals surface area contributed by atoms with Gasteiger partial charge in [0.2, 0.25) is 20.7 Å². The van der Waals surface area contributed by atoms with Crippen molar-refractivity contribution in [3.63, 3.8) is 0 Å². The zero-order valence-corrected chi connectivity index (χ0v) is 21.0. The lowest BCUT2D eigenvalue weighted by atomic mass is 10.1. The molecule has 3 rings (SSSR count). The number of carbonyl (C=O) groups excluding carboxylic acids is 1. The predicted molar refractivity (Wildman–Crippen MR) is 122 cm³/mol. The van der Waals surface area contributed by atoms with E-state index in [4.69, 9.17) is 4.74 Å². The molecule has 3 aromatic rings. The maximum absolute atomic E-state index is 14.1. The smallest absolute Gasteiger partial charge is 0.227 e. The molecule has 0 spiro atoms. The van der Waals surface area contributed by atoms with Crippen LogP contribution in [-0.2, 0) is 24.5 Å². The summed E-state index contributed by atoms with van der Waals surface area (Å²) in [5.41, 5.74) is 0.454. The van der Waals surface area contributed by atoms with Gasteiger partial charge in [0.25, 0.3) is 0 Å². The van der Waals surface area contributed by atoms with Gasteiger partial charge in [-0.3, -0.25) is 4.79 Å². The fourth-order valence-corrected chi connectivity index (χ4v) is 4.99. The van der Waals surface area contributed by atoms with Crippen molar-refractivity contribution in [1.29, 1.82) is 0 Å². The molecule has 0 N–H and O–H groups in total. The van der Waals surface area contributed by atoms with Gasteiger partial charge in [-0.15, -0.1) is 5.10 Å². The van der Waals surface area contributed by atoms with Crippen molar-refractivity contribution in [3.05, 3.63) is 65.1 Å². The Balaban J connectivity index is 1.90. The molecule has 0 radical (unpaired) electrons. The third kappa shape index (κ3) is 6.10. The fourth-order valence-electron chi connectivity index (χ4n) is 3.22. The highest BCUT2D eigenvalue weighted by atomic mass is 32.2. The summed E-state index contributed by atoms with van der Waals surface area (Å²) in [6.07, 6.45) is 1.56. The molecular formula is C22H22F3N3O6S2. The first-order valence-electron chi connectivity index (χ1n) is 10.4. The van der Waals surface area contributed by atoms with E-state index < -0.39 is 72.1 Å². The number of rotatable bonds is 10. The molecule has 1 heterocycles. The van der Waals surface area contributed by atoms with E-state index in [0.29, 0.717) is 6.07 Å². The van der Waals surface area contributed by atoms with Crippen LogP contribution in [0.2, 0.25) is 0 Å². The second kappa shape index (κ2) is 10.4. The van der Waals surface area contributed by atoms with E-state index in [1.54, 1.807) is 19.1 Å². The number of hydrogen-bond acceptors (Lipinski definition) is 8. The molecule has 0 saturated carbocycles. The molecule has 14 heteroatoms. The van der Waals surface area contributed by atoms with Crippen LogP contribution in [0.1, 0.15) is 23.6 Å². The molecule has 1 atom stereocenters. The van der Waals surface area contributed by atoms with Crippen LogP contribution < -0.4 is 4.74 Å². The van der Waals surface area contributed by atoms with Gasteiger partial charge in [0.1, 0.15) is 28.3 Å². The highest BCUT2D eigenvalue weighted by Gasteiger charge is 2.29. The second-order valence-corrected chi connectivity index (χ2v) is 12.3. The molecule has 0 amide bonds. The Hall–Kier alpha value is -3.26. The Bertz CT molecular complexity index is 1480. The number of carbonyl (C=O) groups is 1. The normalized spacial score (nSPS) is 12.9. The predicted octanol–water partition coefficient (Wildman–Crippen LogP) is 2.77. The Morgan fingerprint density at radius 2 is 1.69 bits per heavy atom. The third-order valence-corrected chi connectivity index (χ3v) is 7.88. The van der Waals surface area contributed by atoms with Crippen LogP contribution in [-0.4, -0.2) is 56.2 Å². The molecule has 36 heavy (non-hydrogen) atoms. The number of aromatic nitrogens is 3. The molecule has 0 fully saturated rings. The van der Waals surface area contributed by atoms with Crippen molar-refractivity contribution < 1.29 is 39.5 Å².